The van der Waals surface area contributed by atoms with E-state index in [1.54, 1.807) is 4.90 Å². The number of hydrogen-bond donors (Lipinski definition) is 1. The number of benzene rings is 1. The average molecular weight is 273 g/mol. The zero-order chi connectivity index (χ0) is 14.1. The lowest BCUT2D eigenvalue weighted by Gasteiger charge is -2.19. The summed E-state index contributed by atoms with van der Waals surface area (Å²) in [6.07, 6.45) is 5.24. The fourth-order valence-electron chi connectivity index (χ4n) is 3.43. The van der Waals surface area contributed by atoms with Gasteiger partial charge in [-0.1, -0.05) is 31.0 Å². The molecule has 1 amide bonds. The minimum Gasteiger partial charge on any atom is -0.481 e. The minimum atomic E-state index is -0.853. The summed E-state index contributed by atoms with van der Waals surface area (Å²) in [6.45, 7) is 0.278. The fourth-order valence-corrected chi connectivity index (χ4v) is 3.43. The summed E-state index contributed by atoms with van der Waals surface area (Å²) in [5.74, 6) is -0.876. The van der Waals surface area contributed by atoms with Gasteiger partial charge in [-0.3, -0.25) is 9.59 Å². The molecule has 1 aliphatic carbocycles. The van der Waals surface area contributed by atoms with E-state index in [2.05, 4.69) is 0 Å². The molecule has 0 bridgehead atoms. The van der Waals surface area contributed by atoms with E-state index < -0.39 is 11.9 Å². The Hall–Kier alpha value is -1.84. The SMILES string of the molecule is O=C(O)[C@@H]1CN(C(=O)CC2CCCC2)c2ccccc21. The van der Waals surface area contributed by atoms with Crippen molar-refractivity contribution < 1.29 is 14.7 Å². The van der Waals surface area contributed by atoms with Gasteiger partial charge < -0.3 is 10.0 Å². The zero-order valence-corrected chi connectivity index (χ0v) is 11.4. The number of nitrogens with zero attached hydrogens (tertiary/aromatic N) is 1. The van der Waals surface area contributed by atoms with Crippen LogP contribution in [-0.2, 0) is 9.59 Å². The first kappa shape index (κ1) is 13.2. The van der Waals surface area contributed by atoms with E-state index in [0.29, 0.717) is 12.3 Å². The summed E-state index contributed by atoms with van der Waals surface area (Å²) in [5, 5.41) is 9.31. The molecule has 106 valence electrons. The Bertz CT molecular complexity index is 534. The van der Waals surface area contributed by atoms with E-state index in [4.69, 9.17) is 0 Å². The molecule has 0 saturated heterocycles. The molecule has 0 radical (unpaired) electrons. The van der Waals surface area contributed by atoms with E-state index >= 15 is 0 Å². The van der Waals surface area contributed by atoms with Gasteiger partial charge in [-0.15, -0.1) is 0 Å². The highest BCUT2D eigenvalue weighted by Crippen LogP contribution is 2.37. The van der Waals surface area contributed by atoms with Crippen molar-refractivity contribution in [3.05, 3.63) is 29.8 Å². The molecule has 1 aliphatic heterocycles. The van der Waals surface area contributed by atoms with Crippen LogP contribution in [0.4, 0.5) is 5.69 Å². The van der Waals surface area contributed by atoms with Crippen molar-refractivity contribution in [1.82, 2.24) is 0 Å². The smallest absolute Gasteiger partial charge is 0.312 e. The van der Waals surface area contributed by atoms with Gasteiger partial charge in [0.15, 0.2) is 0 Å². The van der Waals surface area contributed by atoms with Crippen LogP contribution in [0.3, 0.4) is 0 Å². The maximum absolute atomic E-state index is 12.5. The average Bonchev–Trinajstić information content (AvgIpc) is 3.05. The lowest BCUT2D eigenvalue weighted by Crippen LogP contribution is -2.32. The predicted molar refractivity (Wildman–Crippen MR) is 75.7 cm³/mol. The summed E-state index contributed by atoms with van der Waals surface area (Å²) in [5.41, 5.74) is 1.54. The largest absolute Gasteiger partial charge is 0.481 e. The number of fused-ring (bicyclic) bond motifs is 1. The maximum atomic E-state index is 12.5. The summed E-state index contributed by atoms with van der Waals surface area (Å²) in [4.78, 5) is 25.5. The van der Waals surface area contributed by atoms with Crippen molar-refractivity contribution in [2.75, 3.05) is 11.4 Å². The fraction of sp³-hybridized carbons (Fsp3) is 0.500. The number of para-hydroxylation sites is 1. The maximum Gasteiger partial charge on any atom is 0.312 e. The van der Waals surface area contributed by atoms with Crippen LogP contribution in [0.2, 0.25) is 0 Å². The van der Waals surface area contributed by atoms with E-state index in [1.807, 2.05) is 24.3 Å². The van der Waals surface area contributed by atoms with Gasteiger partial charge in [0, 0.05) is 18.7 Å². The Balaban J connectivity index is 1.80. The first-order valence-corrected chi connectivity index (χ1v) is 7.29. The van der Waals surface area contributed by atoms with Gasteiger partial charge in [0.2, 0.25) is 5.91 Å². The number of hydrogen-bond acceptors (Lipinski definition) is 2. The van der Waals surface area contributed by atoms with E-state index in [-0.39, 0.29) is 12.5 Å². The number of amides is 1. The Morgan fingerprint density at radius 2 is 1.90 bits per heavy atom. The molecule has 1 saturated carbocycles. The highest BCUT2D eigenvalue weighted by molar-refractivity contribution is 5.99. The van der Waals surface area contributed by atoms with Crippen molar-refractivity contribution >= 4 is 17.6 Å². The molecule has 1 heterocycles. The lowest BCUT2D eigenvalue weighted by atomic mass is 10.0. The lowest BCUT2D eigenvalue weighted by molar-refractivity contribution is -0.138. The molecule has 20 heavy (non-hydrogen) atoms. The van der Waals surface area contributed by atoms with Gasteiger partial charge in [0.25, 0.3) is 0 Å². The monoisotopic (exact) mass is 273 g/mol. The molecular weight excluding hydrogens is 254 g/mol. The normalized spacial score (nSPS) is 22.0. The standard InChI is InChI=1S/C16H19NO3/c18-15(9-11-5-1-2-6-11)17-10-13(16(19)20)12-7-3-4-8-14(12)17/h3-4,7-8,11,13H,1-2,5-6,9-10H2,(H,19,20)/t13-/m1/s1. The third-order valence-corrected chi connectivity index (χ3v) is 4.51. The Kier molecular flexibility index (Phi) is 3.47. The first-order chi connectivity index (χ1) is 9.66. The highest BCUT2D eigenvalue weighted by atomic mass is 16.4. The van der Waals surface area contributed by atoms with E-state index in [0.717, 1.165) is 24.1 Å². The molecule has 0 aromatic heterocycles. The molecule has 3 rings (SSSR count). The van der Waals surface area contributed by atoms with Crippen molar-refractivity contribution in [2.45, 2.75) is 38.0 Å². The number of carbonyl (C=O) groups is 2. The number of anilines is 1. The molecule has 1 fully saturated rings. The Labute approximate surface area is 118 Å². The van der Waals surface area contributed by atoms with Gasteiger partial charge in [0.05, 0.1) is 0 Å². The number of carboxylic acids is 1. The van der Waals surface area contributed by atoms with Gasteiger partial charge in [-0.2, -0.15) is 0 Å². The summed E-state index contributed by atoms with van der Waals surface area (Å²) in [6, 6.07) is 7.36. The van der Waals surface area contributed by atoms with Gasteiger partial charge in [-0.05, 0) is 30.4 Å². The van der Waals surface area contributed by atoms with Crippen molar-refractivity contribution in [1.29, 1.82) is 0 Å². The molecular formula is C16H19NO3. The minimum absolute atomic E-state index is 0.0769. The summed E-state index contributed by atoms with van der Waals surface area (Å²) >= 11 is 0. The topological polar surface area (TPSA) is 57.6 Å². The number of carboxylic acid groups (broad SMARTS) is 1. The summed E-state index contributed by atoms with van der Waals surface area (Å²) in [7, 11) is 0. The number of aliphatic carboxylic acids is 1. The number of rotatable bonds is 3. The second-order valence-electron chi connectivity index (χ2n) is 5.81. The molecule has 2 aliphatic rings. The highest BCUT2D eigenvalue weighted by Gasteiger charge is 2.36. The van der Waals surface area contributed by atoms with Crippen LogP contribution in [0.15, 0.2) is 24.3 Å². The van der Waals surface area contributed by atoms with Crippen molar-refractivity contribution in [3.8, 4) is 0 Å². The number of carbonyl (C=O) groups excluding carboxylic acids is 1. The Morgan fingerprint density at radius 1 is 1.20 bits per heavy atom. The molecule has 1 atom stereocenters. The Morgan fingerprint density at radius 3 is 2.60 bits per heavy atom. The van der Waals surface area contributed by atoms with Crippen molar-refractivity contribution in [3.63, 3.8) is 0 Å². The van der Waals surface area contributed by atoms with Gasteiger partial charge >= 0.3 is 5.97 Å². The quantitative estimate of drug-likeness (QED) is 0.921. The second kappa shape index (κ2) is 5.27. The molecule has 4 heteroatoms. The van der Waals surface area contributed by atoms with Crippen molar-refractivity contribution in [2.24, 2.45) is 5.92 Å². The molecule has 1 aromatic carbocycles. The molecule has 0 spiro atoms. The van der Waals surface area contributed by atoms with Crippen LogP contribution >= 0.6 is 0 Å². The van der Waals surface area contributed by atoms with Crippen LogP contribution in [0.5, 0.6) is 0 Å². The van der Waals surface area contributed by atoms with Gasteiger partial charge in [0.1, 0.15) is 5.92 Å². The predicted octanol–water partition coefficient (Wildman–Crippen LogP) is 2.78. The summed E-state index contributed by atoms with van der Waals surface area (Å²) < 4.78 is 0. The van der Waals surface area contributed by atoms with E-state index in [9.17, 15) is 14.7 Å². The third-order valence-electron chi connectivity index (χ3n) is 4.51. The van der Waals surface area contributed by atoms with Crippen LogP contribution in [0.25, 0.3) is 0 Å². The first-order valence-electron chi connectivity index (χ1n) is 7.29. The van der Waals surface area contributed by atoms with Gasteiger partial charge in [-0.25, -0.2) is 0 Å². The van der Waals surface area contributed by atoms with Crippen LogP contribution < -0.4 is 4.90 Å². The van der Waals surface area contributed by atoms with Crippen LogP contribution in [0.1, 0.15) is 43.6 Å². The van der Waals surface area contributed by atoms with Crippen LogP contribution in [-0.4, -0.2) is 23.5 Å². The second-order valence-corrected chi connectivity index (χ2v) is 5.81. The third kappa shape index (κ3) is 2.30. The van der Waals surface area contributed by atoms with Crippen LogP contribution in [0, 0.1) is 5.92 Å². The molecule has 1 N–H and O–H groups in total. The molecule has 0 unspecified atom stereocenters. The molecule has 1 aromatic rings. The molecule has 4 nitrogen and oxygen atoms in total. The van der Waals surface area contributed by atoms with E-state index in [1.165, 1.54) is 12.8 Å². The zero-order valence-electron chi connectivity index (χ0n) is 11.4.